The summed E-state index contributed by atoms with van der Waals surface area (Å²) >= 11 is 3.35. The first-order valence-electron chi connectivity index (χ1n) is 6.56. The molecule has 0 aromatic rings. The maximum Gasteiger partial charge on any atom is 0.163 e. The van der Waals surface area contributed by atoms with Crippen molar-refractivity contribution in [3.05, 3.63) is 0 Å². The summed E-state index contributed by atoms with van der Waals surface area (Å²) in [5.74, 6) is 3.24. The van der Waals surface area contributed by atoms with Crippen molar-refractivity contribution in [1.29, 1.82) is 0 Å². The van der Waals surface area contributed by atoms with E-state index in [4.69, 9.17) is 0 Å². The van der Waals surface area contributed by atoms with Gasteiger partial charge in [0.1, 0.15) is 35.4 Å². The standard InChI is InChI=1S/C12H10N8S2/c1(21-11-7-9(15-3-13-7)17-5-19-11)2-22-12-8-10(16-4-14-8)18-6-20-12/h3-8H,1-2H2. The van der Waals surface area contributed by atoms with Crippen molar-refractivity contribution < 1.29 is 0 Å². The van der Waals surface area contributed by atoms with E-state index >= 15 is 0 Å². The van der Waals surface area contributed by atoms with Crippen molar-refractivity contribution in [2.24, 2.45) is 39.9 Å². The second-order valence-corrected chi connectivity index (χ2v) is 6.66. The first-order chi connectivity index (χ1) is 10.9. The minimum atomic E-state index is -0.114. The molecule has 22 heavy (non-hydrogen) atoms. The Balaban J connectivity index is 1.30. The van der Waals surface area contributed by atoms with E-state index in [1.807, 2.05) is 0 Å². The zero-order valence-electron chi connectivity index (χ0n) is 11.3. The van der Waals surface area contributed by atoms with Gasteiger partial charge in [0, 0.05) is 11.5 Å². The number of hydrogen-bond donors (Lipinski definition) is 0. The molecule has 0 aliphatic carbocycles. The van der Waals surface area contributed by atoms with Gasteiger partial charge in [0.25, 0.3) is 0 Å². The Labute approximate surface area is 134 Å². The summed E-state index contributed by atoms with van der Waals surface area (Å²) < 4.78 is 0. The number of hydrogen-bond acceptors (Lipinski definition) is 10. The van der Waals surface area contributed by atoms with Gasteiger partial charge in [-0.2, -0.15) is 0 Å². The predicted octanol–water partition coefficient (Wildman–Crippen LogP) is 0.952. The Morgan fingerprint density at radius 2 is 1.18 bits per heavy atom. The molecule has 0 radical (unpaired) electrons. The van der Waals surface area contributed by atoms with Crippen LogP contribution in [0.4, 0.5) is 0 Å². The third-order valence-electron chi connectivity index (χ3n) is 3.10. The number of fused-ring (bicyclic) bond motifs is 2. The lowest BCUT2D eigenvalue weighted by Crippen LogP contribution is -2.27. The van der Waals surface area contributed by atoms with Crippen LogP contribution in [0.1, 0.15) is 0 Å². The van der Waals surface area contributed by atoms with E-state index in [1.165, 1.54) is 12.7 Å². The van der Waals surface area contributed by atoms with Crippen LogP contribution in [0.2, 0.25) is 0 Å². The van der Waals surface area contributed by atoms with E-state index < -0.39 is 0 Å². The number of nitrogens with zero attached hydrogens (tertiary/aromatic N) is 8. The molecule has 4 rings (SSSR count). The molecular weight excluding hydrogens is 320 g/mol. The summed E-state index contributed by atoms with van der Waals surface area (Å²) in [6, 6.07) is -0.227. The van der Waals surface area contributed by atoms with Crippen LogP contribution in [0.25, 0.3) is 0 Å². The van der Waals surface area contributed by atoms with Gasteiger partial charge in [-0.15, -0.1) is 23.5 Å². The minimum absolute atomic E-state index is 0.114. The third-order valence-corrected chi connectivity index (χ3v) is 5.43. The topological polar surface area (TPSA) is 98.9 Å². The quantitative estimate of drug-likeness (QED) is 0.720. The van der Waals surface area contributed by atoms with Crippen LogP contribution in [0.3, 0.4) is 0 Å². The molecule has 0 aromatic carbocycles. The van der Waals surface area contributed by atoms with Crippen molar-refractivity contribution in [3.8, 4) is 0 Å². The molecule has 0 fully saturated rings. The summed E-state index contributed by atoms with van der Waals surface area (Å²) in [6.07, 6.45) is 6.17. The van der Waals surface area contributed by atoms with E-state index in [0.29, 0.717) is 0 Å². The van der Waals surface area contributed by atoms with Crippen LogP contribution >= 0.6 is 23.5 Å². The van der Waals surface area contributed by atoms with E-state index in [2.05, 4.69) is 39.9 Å². The summed E-state index contributed by atoms with van der Waals surface area (Å²) in [6.45, 7) is 0. The largest absolute Gasteiger partial charge is 0.255 e. The van der Waals surface area contributed by atoms with Crippen molar-refractivity contribution >= 4 is 70.6 Å². The van der Waals surface area contributed by atoms with Gasteiger partial charge < -0.3 is 0 Å². The van der Waals surface area contributed by atoms with Crippen molar-refractivity contribution in [2.45, 2.75) is 12.1 Å². The van der Waals surface area contributed by atoms with Crippen LogP contribution in [-0.2, 0) is 0 Å². The molecule has 2 atom stereocenters. The van der Waals surface area contributed by atoms with Gasteiger partial charge in [0.2, 0.25) is 0 Å². The van der Waals surface area contributed by atoms with E-state index in [0.717, 1.165) is 33.3 Å². The lowest BCUT2D eigenvalue weighted by Gasteiger charge is -2.15. The van der Waals surface area contributed by atoms with Gasteiger partial charge in [0.05, 0.1) is 0 Å². The van der Waals surface area contributed by atoms with Crippen molar-refractivity contribution in [2.75, 3.05) is 11.5 Å². The van der Waals surface area contributed by atoms with Gasteiger partial charge in [-0.05, 0) is 0 Å². The molecule has 0 N–H and O–H groups in total. The van der Waals surface area contributed by atoms with E-state index in [-0.39, 0.29) is 12.1 Å². The molecular formula is C12H10N8S2. The zero-order chi connectivity index (χ0) is 14.8. The van der Waals surface area contributed by atoms with Gasteiger partial charge in [-0.25, -0.2) is 30.0 Å². The molecule has 0 spiro atoms. The molecule has 4 aliphatic heterocycles. The maximum atomic E-state index is 4.30. The second-order valence-electron chi connectivity index (χ2n) is 4.43. The highest BCUT2D eigenvalue weighted by atomic mass is 32.2. The number of amidine groups is 2. The Bertz CT molecular complexity index is 665. The molecule has 0 aromatic heterocycles. The molecule has 10 heteroatoms. The fraction of sp³-hybridized carbons (Fsp3) is 0.333. The Morgan fingerprint density at radius 3 is 1.68 bits per heavy atom. The summed E-state index contributed by atoms with van der Waals surface area (Å²) in [4.78, 5) is 33.6. The first-order valence-corrected chi connectivity index (χ1v) is 8.54. The van der Waals surface area contributed by atoms with Gasteiger partial charge in [-0.3, -0.25) is 9.98 Å². The SMILES string of the molecule is C1=NC2=NC=NC2C(SCCSC2=NC=NC3=NC=NC32)=N1. The minimum Gasteiger partial charge on any atom is -0.255 e. The van der Waals surface area contributed by atoms with Gasteiger partial charge >= 0.3 is 0 Å². The number of aliphatic imine (C=N–C) groups is 8. The summed E-state index contributed by atoms with van der Waals surface area (Å²) in [7, 11) is 0. The van der Waals surface area contributed by atoms with Crippen LogP contribution in [-0.4, -0.2) is 70.7 Å². The molecule has 4 heterocycles. The molecule has 2 unspecified atom stereocenters. The zero-order valence-corrected chi connectivity index (χ0v) is 12.9. The average molecular weight is 330 g/mol. The van der Waals surface area contributed by atoms with E-state index in [1.54, 1.807) is 36.2 Å². The Morgan fingerprint density at radius 1 is 0.682 bits per heavy atom. The fourth-order valence-electron chi connectivity index (χ4n) is 2.11. The highest BCUT2D eigenvalue weighted by Gasteiger charge is 2.28. The second kappa shape index (κ2) is 6.05. The third kappa shape index (κ3) is 2.59. The molecule has 8 nitrogen and oxygen atoms in total. The highest BCUT2D eigenvalue weighted by Crippen LogP contribution is 2.22. The van der Waals surface area contributed by atoms with Crippen LogP contribution in [0.15, 0.2) is 39.9 Å². The molecule has 0 saturated carbocycles. The monoisotopic (exact) mass is 330 g/mol. The Kier molecular flexibility index (Phi) is 3.77. The van der Waals surface area contributed by atoms with Crippen molar-refractivity contribution in [1.82, 2.24) is 0 Å². The molecule has 0 saturated heterocycles. The van der Waals surface area contributed by atoms with E-state index in [9.17, 15) is 0 Å². The van der Waals surface area contributed by atoms with Crippen molar-refractivity contribution in [3.63, 3.8) is 0 Å². The van der Waals surface area contributed by atoms with Crippen LogP contribution in [0, 0.1) is 0 Å². The van der Waals surface area contributed by atoms with Crippen LogP contribution in [0.5, 0.6) is 0 Å². The van der Waals surface area contributed by atoms with Crippen LogP contribution < -0.4 is 0 Å². The first kappa shape index (κ1) is 13.7. The predicted molar refractivity (Wildman–Crippen MR) is 96.2 cm³/mol. The lowest BCUT2D eigenvalue weighted by atomic mass is 10.3. The summed E-state index contributed by atoms with van der Waals surface area (Å²) in [5, 5.41) is 1.88. The highest BCUT2D eigenvalue weighted by molar-refractivity contribution is 8.17. The molecule has 0 amide bonds. The van der Waals surface area contributed by atoms with Gasteiger partial charge in [-0.1, -0.05) is 0 Å². The molecule has 110 valence electrons. The average Bonchev–Trinajstić information content (AvgIpc) is 3.20. The molecule has 4 aliphatic rings. The summed E-state index contributed by atoms with van der Waals surface area (Å²) in [5.41, 5.74) is 0. The molecule has 0 bridgehead atoms. The normalized spacial score (nSPS) is 27.3. The smallest absolute Gasteiger partial charge is 0.163 e. The Hall–Kier alpha value is -1.94. The van der Waals surface area contributed by atoms with Gasteiger partial charge in [0.15, 0.2) is 23.8 Å². The maximum absolute atomic E-state index is 4.30. The fourth-order valence-corrected chi connectivity index (χ4v) is 4.08. The number of rotatable bonds is 3. The number of thioether (sulfide) groups is 2. The lowest BCUT2D eigenvalue weighted by molar-refractivity contribution is 1.16.